The van der Waals surface area contributed by atoms with Crippen LogP contribution in [-0.4, -0.2) is 25.3 Å². The smallest absolute Gasteiger partial charge is 0.336 e. The fraction of sp³-hybridized carbons (Fsp3) is 0.250. The number of carbonyl (C=O) groups is 2. The average molecular weight is 290 g/mol. The van der Waals surface area contributed by atoms with Gasteiger partial charge in [-0.15, -0.1) is 0 Å². The topological polar surface area (TPSA) is 61.8 Å². The molecular formula is C16H18O5. The molecule has 0 radical (unpaired) electrons. The fourth-order valence-electron chi connectivity index (χ4n) is 1.36. The van der Waals surface area contributed by atoms with Crippen LogP contribution in [0.15, 0.2) is 42.5 Å². The van der Waals surface area contributed by atoms with E-state index in [0.29, 0.717) is 0 Å². The van der Waals surface area contributed by atoms with Gasteiger partial charge in [-0.05, 0) is 30.7 Å². The molecule has 1 rings (SSSR count). The first-order chi connectivity index (χ1) is 9.92. The number of benzene rings is 1. The van der Waals surface area contributed by atoms with Gasteiger partial charge < -0.3 is 14.2 Å². The van der Waals surface area contributed by atoms with Crippen LogP contribution < -0.4 is 4.74 Å². The van der Waals surface area contributed by atoms with Crippen LogP contribution in [0.25, 0.3) is 6.08 Å². The van der Waals surface area contributed by atoms with E-state index >= 15 is 0 Å². The van der Waals surface area contributed by atoms with Crippen molar-refractivity contribution in [3.05, 3.63) is 48.1 Å². The molecule has 21 heavy (non-hydrogen) atoms. The van der Waals surface area contributed by atoms with E-state index < -0.39 is 18.2 Å². The molecule has 1 unspecified atom stereocenters. The van der Waals surface area contributed by atoms with Gasteiger partial charge in [-0.25, -0.2) is 9.59 Å². The van der Waals surface area contributed by atoms with Crippen molar-refractivity contribution in [1.29, 1.82) is 0 Å². The van der Waals surface area contributed by atoms with Crippen LogP contribution in [0.2, 0.25) is 0 Å². The molecule has 0 saturated heterocycles. The Morgan fingerprint density at radius 3 is 2.33 bits per heavy atom. The minimum atomic E-state index is -0.970. The van der Waals surface area contributed by atoms with Crippen LogP contribution in [0.5, 0.6) is 5.75 Å². The Bertz CT molecular complexity index is 542. The Kier molecular flexibility index (Phi) is 6.20. The van der Waals surface area contributed by atoms with Crippen molar-refractivity contribution < 1.29 is 23.8 Å². The SMILES string of the molecule is C=C(C)C(=O)OC(C)OC(=O)/C=C/c1ccc(OC)cc1. The molecule has 0 aliphatic rings. The van der Waals surface area contributed by atoms with Crippen LogP contribution in [0, 0.1) is 0 Å². The van der Waals surface area contributed by atoms with Crippen LogP contribution >= 0.6 is 0 Å². The maximum absolute atomic E-state index is 11.6. The van der Waals surface area contributed by atoms with Crippen LogP contribution in [0.4, 0.5) is 0 Å². The van der Waals surface area contributed by atoms with Gasteiger partial charge in [0.05, 0.1) is 7.11 Å². The monoisotopic (exact) mass is 290 g/mol. The van der Waals surface area contributed by atoms with Crippen molar-refractivity contribution in [2.45, 2.75) is 20.1 Å². The van der Waals surface area contributed by atoms with Gasteiger partial charge in [-0.1, -0.05) is 18.7 Å². The molecule has 0 aliphatic heterocycles. The summed E-state index contributed by atoms with van der Waals surface area (Å²) >= 11 is 0. The van der Waals surface area contributed by atoms with E-state index in [1.54, 1.807) is 37.5 Å². The summed E-state index contributed by atoms with van der Waals surface area (Å²) in [6.45, 7) is 6.41. The molecular weight excluding hydrogens is 272 g/mol. The van der Waals surface area contributed by atoms with Crippen molar-refractivity contribution in [2.24, 2.45) is 0 Å². The number of hydrogen-bond donors (Lipinski definition) is 0. The second kappa shape index (κ2) is 7.89. The van der Waals surface area contributed by atoms with E-state index in [1.165, 1.54) is 19.9 Å². The van der Waals surface area contributed by atoms with Crippen molar-refractivity contribution in [1.82, 2.24) is 0 Å². The molecule has 1 aromatic carbocycles. The molecule has 0 bridgehead atoms. The Morgan fingerprint density at radius 1 is 1.19 bits per heavy atom. The summed E-state index contributed by atoms with van der Waals surface area (Å²) in [6.07, 6.45) is 1.88. The molecule has 1 atom stereocenters. The van der Waals surface area contributed by atoms with Crippen molar-refractivity contribution in [2.75, 3.05) is 7.11 Å². The number of carbonyl (C=O) groups excluding carboxylic acids is 2. The molecule has 0 fully saturated rings. The summed E-state index contributed by atoms with van der Waals surface area (Å²) in [5.74, 6) is -0.475. The van der Waals surface area contributed by atoms with Crippen LogP contribution in [-0.2, 0) is 19.1 Å². The first-order valence-electron chi connectivity index (χ1n) is 6.31. The molecule has 0 aromatic heterocycles. The van der Waals surface area contributed by atoms with E-state index in [0.717, 1.165) is 11.3 Å². The Labute approximate surface area is 123 Å². The van der Waals surface area contributed by atoms with E-state index in [1.807, 2.05) is 0 Å². The van der Waals surface area contributed by atoms with E-state index in [4.69, 9.17) is 14.2 Å². The van der Waals surface area contributed by atoms with Gasteiger partial charge in [-0.2, -0.15) is 0 Å². The van der Waals surface area contributed by atoms with Gasteiger partial charge in [0.1, 0.15) is 5.75 Å². The number of hydrogen-bond acceptors (Lipinski definition) is 5. The summed E-state index contributed by atoms with van der Waals surface area (Å²) in [5.41, 5.74) is 1.06. The van der Waals surface area contributed by atoms with Gasteiger partial charge in [0.2, 0.25) is 6.29 Å². The van der Waals surface area contributed by atoms with Crippen LogP contribution in [0.3, 0.4) is 0 Å². The molecule has 5 heteroatoms. The molecule has 0 aliphatic carbocycles. The minimum absolute atomic E-state index is 0.242. The number of ether oxygens (including phenoxy) is 3. The van der Waals surface area contributed by atoms with Crippen LogP contribution in [0.1, 0.15) is 19.4 Å². The number of rotatable bonds is 6. The number of esters is 2. The van der Waals surface area contributed by atoms with Gasteiger partial charge in [0, 0.05) is 18.6 Å². The second-order valence-corrected chi connectivity index (χ2v) is 4.30. The molecule has 112 valence electrons. The quantitative estimate of drug-likeness (QED) is 0.458. The zero-order chi connectivity index (χ0) is 15.8. The highest BCUT2D eigenvalue weighted by molar-refractivity contribution is 5.88. The summed E-state index contributed by atoms with van der Waals surface area (Å²) in [6, 6.07) is 7.16. The first kappa shape index (κ1) is 16.5. The lowest BCUT2D eigenvalue weighted by Gasteiger charge is -2.12. The maximum Gasteiger partial charge on any atom is 0.336 e. The molecule has 5 nitrogen and oxygen atoms in total. The third kappa shape index (κ3) is 5.95. The molecule has 0 heterocycles. The molecule has 1 aromatic rings. The van der Waals surface area contributed by atoms with Gasteiger partial charge >= 0.3 is 11.9 Å². The second-order valence-electron chi connectivity index (χ2n) is 4.30. The fourth-order valence-corrected chi connectivity index (χ4v) is 1.36. The normalized spacial score (nSPS) is 11.8. The highest BCUT2D eigenvalue weighted by Crippen LogP contribution is 2.12. The van der Waals surface area contributed by atoms with E-state index in [-0.39, 0.29) is 5.57 Å². The third-order valence-corrected chi connectivity index (χ3v) is 2.43. The lowest BCUT2D eigenvalue weighted by Crippen LogP contribution is -2.20. The van der Waals surface area contributed by atoms with E-state index in [9.17, 15) is 9.59 Å². The number of methoxy groups -OCH3 is 1. The summed E-state index contributed by atoms with van der Waals surface area (Å²) in [7, 11) is 1.58. The van der Waals surface area contributed by atoms with Crippen molar-refractivity contribution in [3.63, 3.8) is 0 Å². The standard InChI is InChI=1S/C16H18O5/c1-11(2)16(18)21-12(3)20-15(17)10-7-13-5-8-14(19-4)9-6-13/h5-10,12H,1H2,2-4H3/b10-7+. The predicted molar refractivity (Wildman–Crippen MR) is 78.5 cm³/mol. The molecule has 0 N–H and O–H groups in total. The zero-order valence-electron chi connectivity index (χ0n) is 12.3. The van der Waals surface area contributed by atoms with Gasteiger partial charge in [0.25, 0.3) is 0 Å². The molecule has 0 amide bonds. The third-order valence-electron chi connectivity index (χ3n) is 2.43. The minimum Gasteiger partial charge on any atom is -0.497 e. The summed E-state index contributed by atoms with van der Waals surface area (Å²) in [4.78, 5) is 22.8. The lowest BCUT2D eigenvalue weighted by atomic mass is 10.2. The summed E-state index contributed by atoms with van der Waals surface area (Å²) < 4.78 is 14.8. The highest BCUT2D eigenvalue weighted by Gasteiger charge is 2.12. The average Bonchev–Trinajstić information content (AvgIpc) is 2.45. The van der Waals surface area contributed by atoms with E-state index in [2.05, 4.69) is 6.58 Å². The molecule has 0 saturated carbocycles. The van der Waals surface area contributed by atoms with Gasteiger partial charge in [0.15, 0.2) is 0 Å². The zero-order valence-corrected chi connectivity index (χ0v) is 12.3. The largest absolute Gasteiger partial charge is 0.497 e. The van der Waals surface area contributed by atoms with Crippen molar-refractivity contribution in [3.8, 4) is 5.75 Å². The van der Waals surface area contributed by atoms with Crippen molar-refractivity contribution >= 4 is 18.0 Å². The Hall–Kier alpha value is -2.56. The Balaban J connectivity index is 2.50. The summed E-state index contributed by atoms with van der Waals surface area (Å²) in [5, 5.41) is 0. The Morgan fingerprint density at radius 2 is 1.81 bits per heavy atom. The lowest BCUT2D eigenvalue weighted by molar-refractivity contribution is -0.177. The highest BCUT2D eigenvalue weighted by atomic mass is 16.7. The predicted octanol–water partition coefficient (Wildman–Crippen LogP) is 2.72. The first-order valence-corrected chi connectivity index (χ1v) is 6.31. The molecule has 0 spiro atoms. The maximum atomic E-state index is 11.6. The van der Waals surface area contributed by atoms with Gasteiger partial charge in [-0.3, -0.25) is 0 Å².